The minimum atomic E-state index is -0.702. The van der Waals surface area contributed by atoms with Crippen LogP contribution < -0.4 is 22.3 Å². The predicted octanol–water partition coefficient (Wildman–Crippen LogP) is 0.615. The van der Waals surface area contributed by atoms with E-state index in [1.54, 1.807) is 6.20 Å². The minimum absolute atomic E-state index is 0.0404. The van der Waals surface area contributed by atoms with Gasteiger partial charge in [-0.3, -0.25) is 14.6 Å². The van der Waals surface area contributed by atoms with Crippen LogP contribution in [0.1, 0.15) is 27.7 Å². The monoisotopic (exact) mass is 375 g/mol. The number of fused-ring (bicyclic) bond motifs is 2. The van der Waals surface area contributed by atoms with Crippen LogP contribution >= 0.6 is 0 Å². The molecule has 6 N–H and O–H groups in total. The Balaban J connectivity index is 1.92. The normalized spacial score (nSPS) is 14.9. The van der Waals surface area contributed by atoms with E-state index in [0.29, 0.717) is 39.0 Å². The lowest BCUT2D eigenvalue weighted by Crippen LogP contribution is -2.28. The van der Waals surface area contributed by atoms with Crippen molar-refractivity contribution in [2.75, 3.05) is 5.32 Å². The number of primary amides is 1. The molecular formula is C18H13N7O3. The molecule has 28 heavy (non-hydrogen) atoms. The highest BCUT2D eigenvalue weighted by atomic mass is 16.2. The number of H-pyrrole nitrogens is 3. The molecule has 10 heteroatoms. The Hall–Kier alpha value is -4.21. The molecule has 1 unspecified atom stereocenters. The van der Waals surface area contributed by atoms with Crippen molar-refractivity contribution in [3.63, 3.8) is 0 Å². The molecule has 1 aliphatic rings. The minimum Gasteiger partial charge on any atom is -0.373 e. The van der Waals surface area contributed by atoms with E-state index >= 15 is 0 Å². The fourth-order valence-corrected chi connectivity index (χ4v) is 3.64. The summed E-state index contributed by atoms with van der Waals surface area (Å²) in [6.07, 6.45) is 3.07. The maximum atomic E-state index is 12.5. The van der Waals surface area contributed by atoms with Crippen LogP contribution in [0, 0.1) is 0 Å². The van der Waals surface area contributed by atoms with Gasteiger partial charge in [0.1, 0.15) is 0 Å². The highest BCUT2D eigenvalue weighted by molar-refractivity contribution is 6.10. The number of amides is 1. The number of aromatic nitrogens is 5. The first-order valence-corrected chi connectivity index (χ1v) is 8.40. The Morgan fingerprint density at radius 1 is 1.04 bits per heavy atom. The van der Waals surface area contributed by atoms with Crippen molar-refractivity contribution in [1.29, 1.82) is 0 Å². The summed E-state index contributed by atoms with van der Waals surface area (Å²) in [4.78, 5) is 43.7. The van der Waals surface area contributed by atoms with Crippen LogP contribution in [0.15, 0.2) is 46.2 Å². The largest absolute Gasteiger partial charge is 0.373 e. The molecule has 5 rings (SSSR count). The zero-order valence-electron chi connectivity index (χ0n) is 14.2. The highest BCUT2D eigenvalue weighted by Gasteiger charge is 2.30. The van der Waals surface area contributed by atoms with Crippen LogP contribution in [0.4, 0.5) is 5.69 Å². The van der Waals surface area contributed by atoms with Gasteiger partial charge in [-0.15, -0.1) is 10.2 Å². The number of hydrogen-bond acceptors (Lipinski definition) is 6. The van der Waals surface area contributed by atoms with Crippen molar-refractivity contribution >= 4 is 22.6 Å². The average Bonchev–Trinajstić information content (AvgIpc) is 3.04. The zero-order valence-corrected chi connectivity index (χ0v) is 14.2. The van der Waals surface area contributed by atoms with Gasteiger partial charge in [0.15, 0.2) is 11.3 Å². The maximum Gasteiger partial charge on any atom is 0.325 e. The smallest absolute Gasteiger partial charge is 0.325 e. The number of para-hydroxylation sites is 1. The third kappa shape index (κ3) is 2.18. The molecule has 0 aliphatic carbocycles. The van der Waals surface area contributed by atoms with Gasteiger partial charge in [0.2, 0.25) is 0 Å². The lowest BCUT2D eigenvalue weighted by molar-refractivity contribution is 0.0995. The molecule has 138 valence electrons. The van der Waals surface area contributed by atoms with E-state index in [0.717, 1.165) is 0 Å². The molecule has 0 radical (unpaired) electrons. The molecule has 1 aliphatic heterocycles. The van der Waals surface area contributed by atoms with Crippen molar-refractivity contribution in [3.8, 4) is 11.1 Å². The molecule has 4 aromatic rings. The number of aromatic amines is 3. The molecule has 0 bridgehead atoms. The fraction of sp³-hybridized carbons (Fsp3) is 0.0556. The van der Waals surface area contributed by atoms with Crippen LogP contribution in [-0.2, 0) is 0 Å². The molecule has 1 amide bonds. The Labute approximate surface area is 155 Å². The molecule has 3 aromatic heterocycles. The standard InChI is InChI=1S/C18H13N7O3/c19-15(26)14-11-7-3-1-2-4-10(7)22-13(9-6-21-18(28)23-17(9)27)8-5-20-16(12(8)11)25-24-14/h1-6,13,22H,(H2,19,26)(H,20,25)(H2,21,23,27,28). The molecule has 4 heterocycles. The first kappa shape index (κ1) is 16.0. The number of carbonyl (C=O) groups is 1. The predicted molar refractivity (Wildman–Crippen MR) is 101 cm³/mol. The van der Waals surface area contributed by atoms with Crippen LogP contribution in [0.25, 0.3) is 22.2 Å². The molecule has 0 fully saturated rings. The van der Waals surface area contributed by atoms with Gasteiger partial charge in [0.25, 0.3) is 11.5 Å². The number of benzene rings is 1. The third-order valence-corrected chi connectivity index (χ3v) is 4.83. The topological polar surface area (TPSA) is 162 Å². The lowest BCUT2D eigenvalue weighted by atomic mass is 9.96. The molecule has 0 saturated carbocycles. The van der Waals surface area contributed by atoms with Crippen LogP contribution in [0.2, 0.25) is 0 Å². The molecule has 1 atom stereocenters. The van der Waals surface area contributed by atoms with Gasteiger partial charge >= 0.3 is 5.69 Å². The highest BCUT2D eigenvalue weighted by Crippen LogP contribution is 2.43. The Morgan fingerprint density at radius 3 is 2.61 bits per heavy atom. The van der Waals surface area contributed by atoms with Crippen LogP contribution in [0.3, 0.4) is 0 Å². The molecule has 0 saturated heterocycles. The number of anilines is 1. The number of carbonyl (C=O) groups excluding carboxylic acids is 1. The summed E-state index contributed by atoms with van der Waals surface area (Å²) in [5.41, 5.74) is 7.86. The van der Waals surface area contributed by atoms with E-state index in [1.807, 2.05) is 24.3 Å². The number of rotatable bonds is 2. The van der Waals surface area contributed by atoms with Gasteiger partial charge in [-0.05, 0) is 6.07 Å². The summed E-state index contributed by atoms with van der Waals surface area (Å²) in [5.74, 6) is -0.702. The SMILES string of the molecule is NC(=O)c1nnc2[nH]cc3c2c1-c1ccccc1NC3c1c[nH]c(=O)[nH]c1=O. The average molecular weight is 375 g/mol. The van der Waals surface area contributed by atoms with Gasteiger partial charge < -0.3 is 21.0 Å². The quantitative estimate of drug-likeness (QED) is 0.345. The van der Waals surface area contributed by atoms with Crippen molar-refractivity contribution in [2.45, 2.75) is 6.04 Å². The summed E-state index contributed by atoms with van der Waals surface area (Å²) >= 11 is 0. The van der Waals surface area contributed by atoms with Crippen LogP contribution in [0.5, 0.6) is 0 Å². The molecule has 1 aromatic carbocycles. The second kappa shape index (κ2) is 5.64. The number of nitrogens with one attached hydrogen (secondary N) is 4. The summed E-state index contributed by atoms with van der Waals surface area (Å²) in [6.45, 7) is 0. The first-order chi connectivity index (χ1) is 13.5. The van der Waals surface area contributed by atoms with Gasteiger partial charge in [-0.1, -0.05) is 18.2 Å². The molecule has 10 nitrogen and oxygen atoms in total. The van der Waals surface area contributed by atoms with E-state index < -0.39 is 23.2 Å². The van der Waals surface area contributed by atoms with Gasteiger partial charge in [-0.25, -0.2) is 4.79 Å². The van der Waals surface area contributed by atoms with Crippen LogP contribution in [-0.4, -0.2) is 31.1 Å². The number of hydrogen-bond donors (Lipinski definition) is 5. The summed E-state index contributed by atoms with van der Waals surface area (Å²) < 4.78 is 0. The number of nitrogens with zero attached hydrogens (tertiary/aromatic N) is 2. The summed E-state index contributed by atoms with van der Waals surface area (Å²) in [7, 11) is 0. The van der Waals surface area contributed by atoms with Crippen molar-refractivity contribution < 1.29 is 4.79 Å². The van der Waals surface area contributed by atoms with E-state index in [-0.39, 0.29) is 5.69 Å². The van der Waals surface area contributed by atoms with Gasteiger partial charge in [0.05, 0.1) is 11.6 Å². The second-order valence-electron chi connectivity index (χ2n) is 6.41. The Morgan fingerprint density at radius 2 is 1.82 bits per heavy atom. The van der Waals surface area contributed by atoms with Crippen molar-refractivity contribution in [1.82, 2.24) is 25.1 Å². The van der Waals surface area contributed by atoms with Gasteiger partial charge in [0, 0.05) is 40.2 Å². The van der Waals surface area contributed by atoms with Crippen molar-refractivity contribution in [2.24, 2.45) is 5.73 Å². The third-order valence-electron chi connectivity index (χ3n) is 4.83. The molecular weight excluding hydrogens is 362 g/mol. The first-order valence-electron chi connectivity index (χ1n) is 8.40. The maximum absolute atomic E-state index is 12.5. The Bertz CT molecular complexity index is 1380. The fourth-order valence-electron chi connectivity index (χ4n) is 3.64. The van der Waals surface area contributed by atoms with E-state index in [1.165, 1.54) is 6.20 Å². The van der Waals surface area contributed by atoms with Crippen molar-refractivity contribution in [3.05, 3.63) is 74.3 Å². The lowest BCUT2D eigenvalue weighted by Gasteiger charge is -2.18. The van der Waals surface area contributed by atoms with Gasteiger partial charge in [-0.2, -0.15) is 0 Å². The molecule has 0 spiro atoms. The second-order valence-corrected chi connectivity index (χ2v) is 6.41. The summed E-state index contributed by atoms with van der Waals surface area (Å²) in [5, 5.41) is 12.0. The summed E-state index contributed by atoms with van der Waals surface area (Å²) in [6, 6.07) is 6.72. The number of nitrogens with two attached hydrogens (primary N) is 1. The van der Waals surface area contributed by atoms with E-state index in [4.69, 9.17) is 5.73 Å². The zero-order chi connectivity index (χ0) is 19.4. The van der Waals surface area contributed by atoms with E-state index in [9.17, 15) is 14.4 Å². The van der Waals surface area contributed by atoms with E-state index in [2.05, 4.69) is 30.5 Å². The Kier molecular flexibility index (Phi) is 3.22.